The van der Waals surface area contributed by atoms with Gasteiger partial charge in [-0.25, -0.2) is 9.78 Å². The maximum absolute atomic E-state index is 12.0. The summed E-state index contributed by atoms with van der Waals surface area (Å²) in [5.74, 6) is 0.473. The minimum atomic E-state index is -0.559. The van der Waals surface area contributed by atoms with E-state index in [1.807, 2.05) is 57.6 Å². The molecule has 2 aromatic rings. The molecule has 170 valence electrons. The van der Waals surface area contributed by atoms with Crippen LogP contribution >= 0.6 is 0 Å². The summed E-state index contributed by atoms with van der Waals surface area (Å²) in [7, 11) is 0. The number of nitriles is 1. The van der Waals surface area contributed by atoms with E-state index in [-0.39, 0.29) is 0 Å². The Balaban J connectivity index is 1.53. The third kappa shape index (κ3) is 6.43. The standard InChI is InChI=1S/C25H32N4O3/c1-24(2,3)32-23(31)28-16-25(17-30)10-8-19(9-11-25)12-22-14-27-18-29(22)15-21-6-4-20(13-26)5-7-21/h4-7,14,17-19H,8-12,15-16H2,1-3H3,(H,28,31). The first-order valence-corrected chi connectivity index (χ1v) is 11.1. The molecule has 1 aromatic heterocycles. The third-order valence-corrected chi connectivity index (χ3v) is 6.07. The quantitative estimate of drug-likeness (QED) is 0.655. The molecule has 1 heterocycles. The second-order valence-corrected chi connectivity index (χ2v) is 9.80. The first kappa shape index (κ1) is 23.5. The second kappa shape index (κ2) is 9.99. The average molecular weight is 437 g/mol. The lowest BCUT2D eigenvalue weighted by Crippen LogP contribution is -2.43. The number of imidazole rings is 1. The number of rotatable bonds is 7. The number of hydrogen-bond donors (Lipinski definition) is 1. The summed E-state index contributed by atoms with van der Waals surface area (Å²) in [4.78, 5) is 28.2. The van der Waals surface area contributed by atoms with Gasteiger partial charge in [-0.2, -0.15) is 5.26 Å². The Morgan fingerprint density at radius 2 is 2.00 bits per heavy atom. The van der Waals surface area contributed by atoms with E-state index < -0.39 is 17.1 Å². The fourth-order valence-electron chi connectivity index (χ4n) is 4.19. The van der Waals surface area contributed by atoms with Crippen LogP contribution in [0.4, 0.5) is 4.79 Å². The Bertz CT molecular complexity index is 958. The van der Waals surface area contributed by atoms with E-state index in [2.05, 4.69) is 20.9 Å². The van der Waals surface area contributed by atoms with Crippen molar-refractivity contribution in [3.8, 4) is 6.07 Å². The average Bonchev–Trinajstić information content (AvgIpc) is 3.19. The highest BCUT2D eigenvalue weighted by molar-refractivity contribution is 5.69. The van der Waals surface area contributed by atoms with Gasteiger partial charge in [0.05, 0.1) is 18.0 Å². The normalized spacial score (nSPS) is 20.9. The van der Waals surface area contributed by atoms with Crippen LogP contribution in [-0.4, -0.2) is 34.1 Å². The summed E-state index contributed by atoms with van der Waals surface area (Å²) in [6, 6.07) is 9.74. The molecule has 1 aromatic carbocycles. The molecule has 1 saturated carbocycles. The third-order valence-electron chi connectivity index (χ3n) is 6.07. The van der Waals surface area contributed by atoms with Crippen LogP contribution in [0.25, 0.3) is 0 Å². The van der Waals surface area contributed by atoms with Crippen molar-refractivity contribution in [3.63, 3.8) is 0 Å². The minimum absolute atomic E-state index is 0.314. The van der Waals surface area contributed by atoms with Crippen LogP contribution in [0.5, 0.6) is 0 Å². The van der Waals surface area contributed by atoms with Crippen molar-refractivity contribution < 1.29 is 14.3 Å². The highest BCUT2D eigenvalue weighted by Crippen LogP contribution is 2.38. The molecule has 1 aliphatic carbocycles. The van der Waals surface area contributed by atoms with Gasteiger partial charge in [0.25, 0.3) is 0 Å². The van der Waals surface area contributed by atoms with Gasteiger partial charge < -0.3 is 19.4 Å². The van der Waals surface area contributed by atoms with Gasteiger partial charge in [0.1, 0.15) is 11.9 Å². The number of amides is 1. The summed E-state index contributed by atoms with van der Waals surface area (Å²) < 4.78 is 7.44. The number of carbonyl (C=O) groups excluding carboxylic acids is 2. The van der Waals surface area contributed by atoms with E-state index in [9.17, 15) is 9.59 Å². The SMILES string of the molecule is CC(C)(C)OC(=O)NCC1(C=O)CCC(Cc2cncn2Cc2ccc(C#N)cc2)CC1. The minimum Gasteiger partial charge on any atom is -0.444 e. The maximum atomic E-state index is 12.0. The second-order valence-electron chi connectivity index (χ2n) is 9.80. The summed E-state index contributed by atoms with van der Waals surface area (Å²) in [6.45, 7) is 6.48. The Morgan fingerprint density at radius 1 is 1.31 bits per heavy atom. The molecule has 1 N–H and O–H groups in total. The summed E-state index contributed by atoms with van der Waals surface area (Å²) in [5, 5.41) is 11.7. The number of benzene rings is 1. The molecule has 0 spiro atoms. The molecule has 0 unspecified atom stereocenters. The Hall–Kier alpha value is -3.14. The Morgan fingerprint density at radius 3 is 2.59 bits per heavy atom. The largest absolute Gasteiger partial charge is 0.444 e. The fraction of sp³-hybridized carbons (Fsp3) is 0.520. The predicted octanol–water partition coefficient (Wildman–Crippen LogP) is 4.25. The number of alkyl carbamates (subject to hydrolysis) is 1. The lowest BCUT2D eigenvalue weighted by atomic mass is 9.70. The number of aldehydes is 1. The van der Waals surface area contributed by atoms with E-state index in [0.717, 1.165) is 44.0 Å². The highest BCUT2D eigenvalue weighted by atomic mass is 16.6. The topological polar surface area (TPSA) is 97.0 Å². The van der Waals surface area contributed by atoms with Gasteiger partial charge in [0.15, 0.2) is 0 Å². The number of aromatic nitrogens is 2. The molecule has 1 fully saturated rings. The fourth-order valence-corrected chi connectivity index (χ4v) is 4.19. The van der Waals surface area contributed by atoms with Gasteiger partial charge in [-0.15, -0.1) is 0 Å². The van der Waals surface area contributed by atoms with Crippen molar-refractivity contribution >= 4 is 12.4 Å². The zero-order valence-electron chi connectivity index (χ0n) is 19.1. The van der Waals surface area contributed by atoms with Gasteiger partial charge in [-0.3, -0.25) is 0 Å². The van der Waals surface area contributed by atoms with Crippen molar-refractivity contribution in [3.05, 3.63) is 53.6 Å². The van der Waals surface area contributed by atoms with Crippen LogP contribution in [0.1, 0.15) is 63.3 Å². The van der Waals surface area contributed by atoms with Crippen LogP contribution in [0.2, 0.25) is 0 Å². The molecule has 7 nitrogen and oxygen atoms in total. The number of hydrogen-bond acceptors (Lipinski definition) is 5. The Labute approximate surface area is 189 Å². The van der Waals surface area contributed by atoms with Gasteiger partial charge >= 0.3 is 6.09 Å². The van der Waals surface area contributed by atoms with Gasteiger partial charge in [-0.1, -0.05) is 12.1 Å². The van der Waals surface area contributed by atoms with E-state index in [1.165, 1.54) is 5.69 Å². The summed E-state index contributed by atoms with van der Waals surface area (Å²) >= 11 is 0. The van der Waals surface area contributed by atoms with E-state index in [0.29, 0.717) is 24.6 Å². The van der Waals surface area contributed by atoms with Crippen molar-refractivity contribution in [2.45, 2.75) is 65.0 Å². The molecule has 0 saturated heterocycles. The van der Waals surface area contributed by atoms with Crippen molar-refractivity contribution in [1.29, 1.82) is 5.26 Å². The number of nitrogens with one attached hydrogen (secondary N) is 1. The molecule has 1 amide bonds. The van der Waals surface area contributed by atoms with E-state index >= 15 is 0 Å². The first-order chi connectivity index (χ1) is 15.2. The first-order valence-electron chi connectivity index (χ1n) is 11.1. The van der Waals surface area contributed by atoms with Crippen LogP contribution in [0, 0.1) is 22.7 Å². The van der Waals surface area contributed by atoms with Gasteiger partial charge in [0.2, 0.25) is 0 Å². The van der Waals surface area contributed by atoms with Crippen LogP contribution in [-0.2, 0) is 22.5 Å². The van der Waals surface area contributed by atoms with Crippen LogP contribution in [0.15, 0.2) is 36.8 Å². The molecule has 0 atom stereocenters. The molecule has 0 aliphatic heterocycles. The maximum Gasteiger partial charge on any atom is 0.407 e. The lowest BCUT2D eigenvalue weighted by Gasteiger charge is -2.36. The number of nitrogens with zero attached hydrogens (tertiary/aromatic N) is 3. The lowest BCUT2D eigenvalue weighted by molar-refractivity contribution is -0.118. The van der Waals surface area contributed by atoms with Crippen LogP contribution in [0.3, 0.4) is 0 Å². The van der Waals surface area contributed by atoms with Gasteiger partial charge in [-0.05, 0) is 76.5 Å². The Kier molecular flexibility index (Phi) is 7.34. The van der Waals surface area contributed by atoms with E-state index in [1.54, 1.807) is 0 Å². The molecular formula is C25H32N4O3. The highest BCUT2D eigenvalue weighted by Gasteiger charge is 2.36. The van der Waals surface area contributed by atoms with Crippen LogP contribution < -0.4 is 5.32 Å². The predicted molar refractivity (Wildman–Crippen MR) is 121 cm³/mol. The summed E-state index contributed by atoms with van der Waals surface area (Å²) in [6.07, 6.45) is 8.55. The molecule has 3 rings (SSSR count). The molecular weight excluding hydrogens is 404 g/mol. The smallest absolute Gasteiger partial charge is 0.407 e. The molecule has 1 aliphatic rings. The monoisotopic (exact) mass is 436 g/mol. The zero-order chi connectivity index (χ0) is 23.2. The summed E-state index contributed by atoms with van der Waals surface area (Å²) in [5.41, 5.74) is 1.87. The van der Waals surface area contributed by atoms with Crippen molar-refractivity contribution in [2.75, 3.05) is 6.54 Å². The molecule has 7 heteroatoms. The van der Waals surface area contributed by atoms with Crippen molar-refractivity contribution in [1.82, 2.24) is 14.9 Å². The number of carbonyl (C=O) groups is 2. The van der Waals surface area contributed by atoms with Gasteiger partial charge in [0, 0.05) is 30.4 Å². The van der Waals surface area contributed by atoms with E-state index in [4.69, 9.17) is 10.00 Å². The molecule has 0 bridgehead atoms. The zero-order valence-corrected chi connectivity index (χ0v) is 19.1. The van der Waals surface area contributed by atoms with Crippen molar-refractivity contribution in [2.24, 2.45) is 11.3 Å². The molecule has 0 radical (unpaired) electrons. The molecule has 32 heavy (non-hydrogen) atoms. The number of ether oxygens (including phenoxy) is 1.